The van der Waals surface area contributed by atoms with Gasteiger partial charge < -0.3 is 11.1 Å². The van der Waals surface area contributed by atoms with Crippen molar-refractivity contribution in [1.82, 2.24) is 9.97 Å². The Kier molecular flexibility index (Phi) is 6.28. The van der Waals surface area contributed by atoms with Gasteiger partial charge in [-0.1, -0.05) is 60.7 Å². The van der Waals surface area contributed by atoms with Crippen molar-refractivity contribution >= 4 is 17.7 Å². The van der Waals surface area contributed by atoms with Crippen LogP contribution < -0.4 is 11.1 Å². The highest BCUT2D eigenvalue weighted by atomic mass is 15.1. The fraction of sp³-hybridized carbons (Fsp3) is 0.227. The molecule has 1 aromatic heterocycles. The molecule has 0 aliphatic carbocycles. The Labute approximate surface area is 160 Å². The molecular weight excluding hydrogens is 334 g/mol. The molecule has 0 fully saturated rings. The van der Waals surface area contributed by atoms with E-state index in [-0.39, 0.29) is 5.92 Å². The molecule has 0 bridgehead atoms. The van der Waals surface area contributed by atoms with Gasteiger partial charge in [0.05, 0.1) is 12.2 Å². The lowest BCUT2D eigenvalue weighted by molar-refractivity contribution is 0.836. The third-order valence-corrected chi connectivity index (χ3v) is 4.42. The molecule has 27 heavy (non-hydrogen) atoms. The first-order chi connectivity index (χ1) is 13.2. The molecule has 3 rings (SSSR count). The van der Waals surface area contributed by atoms with Gasteiger partial charge in [0.15, 0.2) is 5.82 Å². The van der Waals surface area contributed by atoms with Gasteiger partial charge in [-0.3, -0.25) is 4.99 Å². The Morgan fingerprint density at radius 3 is 2.11 bits per heavy atom. The Morgan fingerprint density at radius 1 is 1.00 bits per heavy atom. The highest BCUT2D eigenvalue weighted by Gasteiger charge is 2.16. The number of nitrogens with zero attached hydrogens (tertiary/aromatic N) is 3. The van der Waals surface area contributed by atoms with Crippen LogP contribution in [-0.2, 0) is 6.54 Å². The normalized spacial score (nSPS) is 11.3. The zero-order valence-electron chi connectivity index (χ0n) is 15.8. The van der Waals surface area contributed by atoms with Gasteiger partial charge in [-0.2, -0.15) is 0 Å². The van der Waals surface area contributed by atoms with E-state index in [1.54, 1.807) is 6.21 Å². The van der Waals surface area contributed by atoms with Crippen LogP contribution in [0.1, 0.15) is 35.5 Å². The van der Waals surface area contributed by atoms with Crippen LogP contribution in [0.15, 0.2) is 65.7 Å². The van der Waals surface area contributed by atoms with Crippen molar-refractivity contribution in [3.05, 3.63) is 83.3 Å². The summed E-state index contributed by atoms with van der Waals surface area (Å²) in [6.07, 6.45) is 1.75. The van der Waals surface area contributed by atoms with Crippen molar-refractivity contribution in [2.75, 3.05) is 11.9 Å². The molecule has 0 aliphatic rings. The molecule has 0 unspecified atom stereocenters. The summed E-state index contributed by atoms with van der Waals surface area (Å²) in [6, 6.07) is 21.0. The molecule has 1 heterocycles. The lowest BCUT2D eigenvalue weighted by Crippen LogP contribution is -2.16. The number of hydrogen-bond donors (Lipinski definition) is 2. The summed E-state index contributed by atoms with van der Waals surface area (Å²) in [6.45, 7) is 4.81. The Morgan fingerprint density at radius 2 is 1.59 bits per heavy atom. The quantitative estimate of drug-likeness (QED) is 0.620. The Balaban J connectivity index is 1.93. The predicted octanol–water partition coefficient (Wildman–Crippen LogP) is 4.21. The van der Waals surface area contributed by atoms with E-state index in [1.165, 1.54) is 11.1 Å². The lowest BCUT2D eigenvalue weighted by Gasteiger charge is -2.20. The molecule has 0 saturated carbocycles. The second-order valence-corrected chi connectivity index (χ2v) is 6.27. The van der Waals surface area contributed by atoms with Crippen molar-refractivity contribution in [1.29, 1.82) is 0 Å². The first kappa shape index (κ1) is 18.7. The number of anilines is 1. The van der Waals surface area contributed by atoms with Crippen LogP contribution in [0.4, 0.5) is 11.5 Å². The van der Waals surface area contributed by atoms with E-state index in [0.717, 1.165) is 17.2 Å². The standard InChI is InChI=1S/C22H25N5/c1-3-24-21-16(2)26-20(14-23)27-22(21)25-15-19(17-10-6-4-7-11-17)18-12-8-5-9-13-18/h3-13,19H,14-15,23H2,1-2H3,(H,25,26,27). The Hall–Kier alpha value is -3.05. The minimum Gasteiger partial charge on any atom is -0.367 e. The van der Waals surface area contributed by atoms with Gasteiger partial charge in [0.1, 0.15) is 11.5 Å². The molecule has 0 saturated heterocycles. The largest absolute Gasteiger partial charge is 0.367 e. The third-order valence-electron chi connectivity index (χ3n) is 4.42. The number of aliphatic imine (C=N–C) groups is 1. The fourth-order valence-corrected chi connectivity index (χ4v) is 3.12. The van der Waals surface area contributed by atoms with Crippen LogP contribution in [0.3, 0.4) is 0 Å². The molecule has 0 atom stereocenters. The van der Waals surface area contributed by atoms with E-state index in [9.17, 15) is 0 Å². The summed E-state index contributed by atoms with van der Waals surface area (Å²) >= 11 is 0. The highest BCUT2D eigenvalue weighted by molar-refractivity contribution is 5.70. The van der Waals surface area contributed by atoms with Crippen molar-refractivity contribution < 1.29 is 0 Å². The third kappa shape index (κ3) is 4.57. The Bertz CT molecular complexity index is 852. The summed E-state index contributed by atoms with van der Waals surface area (Å²) in [7, 11) is 0. The molecular formula is C22H25N5. The zero-order valence-corrected chi connectivity index (χ0v) is 15.8. The van der Waals surface area contributed by atoms with Crippen molar-refractivity contribution in [2.45, 2.75) is 26.3 Å². The van der Waals surface area contributed by atoms with Crippen LogP contribution in [0.25, 0.3) is 0 Å². The van der Waals surface area contributed by atoms with E-state index >= 15 is 0 Å². The SMILES string of the molecule is CC=Nc1c(C)nc(CN)nc1NCC(c1ccccc1)c1ccccc1. The molecule has 0 spiro atoms. The minimum atomic E-state index is 0.197. The first-order valence-corrected chi connectivity index (χ1v) is 9.13. The number of nitrogens with two attached hydrogens (primary N) is 1. The van der Waals surface area contributed by atoms with Crippen LogP contribution >= 0.6 is 0 Å². The van der Waals surface area contributed by atoms with Crippen LogP contribution in [0, 0.1) is 6.92 Å². The summed E-state index contributed by atoms with van der Waals surface area (Å²) in [5, 5.41) is 3.49. The van der Waals surface area contributed by atoms with E-state index in [2.05, 4.69) is 68.8 Å². The van der Waals surface area contributed by atoms with E-state index in [4.69, 9.17) is 5.73 Å². The molecule has 3 aromatic rings. The second-order valence-electron chi connectivity index (χ2n) is 6.27. The number of nitrogens with one attached hydrogen (secondary N) is 1. The van der Waals surface area contributed by atoms with E-state index in [1.807, 2.05) is 26.0 Å². The van der Waals surface area contributed by atoms with Crippen LogP contribution in [-0.4, -0.2) is 22.7 Å². The summed E-state index contributed by atoms with van der Waals surface area (Å²) in [5.74, 6) is 1.53. The zero-order chi connectivity index (χ0) is 19.1. The highest BCUT2D eigenvalue weighted by Crippen LogP contribution is 2.29. The van der Waals surface area contributed by atoms with Crippen molar-refractivity contribution in [3.63, 3.8) is 0 Å². The molecule has 5 nitrogen and oxygen atoms in total. The average molecular weight is 359 g/mol. The van der Waals surface area contributed by atoms with Gasteiger partial charge >= 0.3 is 0 Å². The molecule has 3 N–H and O–H groups in total. The maximum Gasteiger partial charge on any atom is 0.156 e. The summed E-state index contributed by atoms with van der Waals surface area (Å²) in [5.41, 5.74) is 9.84. The fourth-order valence-electron chi connectivity index (χ4n) is 3.12. The van der Waals surface area contributed by atoms with Crippen LogP contribution in [0.2, 0.25) is 0 Å². The smallest absolute Gasteiger partial charge is 0.156 e. The number of rotatable bonds is 7. The van der Waals surface area contributed by atoms with Gasteiger partial charge in [0, 0.05) is 18.7 Å². The topological polar surface area (TPSA) is 76.2 Å². The second kappa shape index (κ2) is 9.05. The summed E-state index contributed by atoms with van der Waals surface area (Å²) in [4.78, 5) is 13.4. The van der Waals surface area contributed by atoms with Gasteiger partial charge in [-0.15, -0.1) is 0 Å². The molecule has 2 aromatic carbocycles. The predicted molar refractivity (Wildman–Crippen MR) is 112 cm³/mol. The van der Waals surface area contributed by atoms with E-state index < -0.39 is 0 Å². The minimum absolute atomic E-state index is 0.197. The van der Waals surface area contributed by atoms with Crippen molar-refractivity contribution in [2.24, 2.45) is 10.7 Å². The maximum absolute atomic E-state index is 5.76. The number of hydrogen-bond acceptors (Lipinski definition) is 5. The van der Waals surface area contributed by atoms with Gasteiger partial charge in [-0.05, 0) is 25.0 Å². The lowest BCUT2D eigenvalue weighted by atomic mass is 9.91. The molecule has 0 radical (unpaired) electrons. The van der Waals surface area contributed by atoms with Gasteiger partial charge in [0.25, 0.3) is 0 Å². The maximum atomic E-state index is 5.76. The molecule has 0 aliphatic heterocycles. The molecule has 0 amide bonds. The monoisotopic (exact) mass is 359 g/mol. The summed E-state index contributed by atoms with van der Waals surface area (Å²) < 4.78 is 0. The number of aromatic nitrogens is 2. The number of benzene rings is 2. The van der Waals surface area contributed by atoms with Crippen molar-refractivity contribution in [3.8, 4) is 0 Å². The van der Waals surface area contributed by atoms with Gasteiger partial charge in [-0.25, -0.2) is 9.97 Å². The molecule has 5 heteroatoms. The van der Waals surface area contributed by atoms with Gasteiger partial charge in [0.2, 0.25) is 0 Å². The molecule has 138 valence electrons. The van der Waals surface area contributed by atoms with Crippen LogP contribution in [0.5, 0.6) is 0 Å². The average Bonchev–Trinajstić information content (AvgIpc) is 2.72. The van der Waals surface area contributed by atoms with E-state index in [0.29, 0.717) is 18.9 Å². The first-order valence-electron chi connectivity index (χ1n) is 9.13. The number of aryl methyl sites for hydroxylation is 1.